The second-order valence-electron chi connectivity index (χ2n) is 7.42. The van der Waals surface area contributed by atoms with Crippen molar-refractivity contribution in [3.05, 3.63) is 0 Å². The normalized spacial score (nSPS) is 23.0. The van der Waals surface area contributed by atoms with Crippen molar-refractivity contribution in [2.75, 3.05) is 26.2 Å². The van der Waals surface area contributed by atoms with Crippen LogP contribution in [-0.4, -0.2) is 54.1 Å². The lowest BCUT2D eigenvalue weighted by atomic mass is 9.87. The first kappa shape index (κ1) is 16.6. The molecule has 0 atom stereocenters. The Bertz CT molecular complexity index is 327. The number of nitrogens with zero attached hydrogens (tertiary/aromatic N) is 2. The summed E-state index contributed by atoms with van der Waals surface area (Å²) in [5.41, 5.74) is 0. The summed E-state index contributed by atoms with van der Waals surface area (Å²) in [4.78, 5) is 16.9. The third-order valence-electron chi connectivity index (χ3n) is 5.36. The molecule has 0 spiro atoms. The second-order valence-corrected chi connectivity index (χ2v) is 7.42. The minimum absolute atomic E-state index is 0.167. The van der Waals surface area contributed by atoms with Crippen molar-refractivity contribution in [1.29, 1.82) is 0 Å². The molecule has 4 nitrogen and oxygen atoms in total. The van der Waals surface area contributed by atoms with Gasteiger partial charge >= 0.3 is 6.03 Å². The van der Waals surface area contributed by atoms with Crippen LogP contribution in [0.4, 0.5) is 4.79 Å². The molecule has 122 valence electrons. The van der Waals surface area contributed by atoms with Crippen LogP contribution >= 0.6 is 0 Å². The van der Waals surface area contributed by atoms with E-state index in [1.165, 1.54) is 0 Å². The average molecular weight is 295 g/mol. The monoisotopic (exact) mass is 295 g/mol. The van der Waals surface area contributed by atoms with E-state index in [0.29, 0.717) is 12.1 Å². The van der Waals surface area contributed by atoms with E-state index in [-0.39, 0.29) is 6.03 Å². The quantitative estimate of drug-likeness (QED) is 0.869. The second kappa shape index (κ2) is 7.48. The maximum Gasteiger partial charge on any atom is 0.317 e. The summed E-state index contributed by atoms with van der Waals surface area (Å²) in [5.74, 6) is 1.54. The van der Waals surface area contributed by atoms with Gasteiger partial charge in [-0.2, -0.15) is 0 Å². The van der Waals surface area contributed by atoms with Gasteiger partial charge in [0.1, 0.15) is 0 Å². The van der Waals surface area contributed by atoms with Gasteiger partial charge in [0.15, 0.2) is 0 Å². The van der Waals surface area contributed by atoms with E-state index in [2.05, 4.69) is 37.9 Å². The third kappa shape index (κ3) is 4.60. The number of likely N-dealkylation sites (tertiary alicyclic amines) is 2. The van der Waals surface area contributed by atoms with Gasteiger partial charge in [0.05, 0.1) is 0 Å². The molecule has 0 aromatic rings. The molecule has 0 unspecified atom stereocenters. The maximum absolute atomic E-state index is 12.4. The van der Waals surface area contributed by atoms with E-state index in [1.807, 2.05) is 4.90 Å². The van der Waals surface area contributed by atoms with Crippen molar-refractivity contribution in [2.45, 2.75) is 65.5 Å². The summed E-state index contributed by atoms with van der Waals surface area (Å²) in [6.45, 7) is 13.2. The standard InChI is InChI=1S/C17H33N3O/c1-13(2)15-5-9-20(10-6-15)17(21)18-16-7-11-19(12-8-16)14(3)4/h13-16H,5-12H2,1-4H3,(H,18,21). The first-order chi connectivity index (χ1) is 9.97. The van der Waals surface area contributed by atoms with Gasteiger partial charge in [-0.3, -0.25) is 0 Å². The van der Waals surface area contributed by atoms with E-state index >= 15 is 0 Å². The molecule has 0 radical (unpaired) electrons. The predicted octanol–water partition coefficient (Wildman–Crippen LogP) is 2.94. The van der Waals surface area contributed by atoms with E-state index in [9.17, 15) is 4.79 Å². The molecule has 2 heterocycles. The Balaban J connectivity index is 1.71. The fraction of sp³-hybridized carbons (Fsp3) is 0.941. The zero-order valence-corrected chi connectivity index (χ0v) is 14.3. The van der Waals surface area contributed by atoms with Crippen molar-refractivity contribution >= 4 is 6.03 Å². The Morgan fingerprint density at radius 2 is 1.52 bits per heavy atom. The molecule has 4 heteroatoms. The van der Waals surface area contributed by atoms with Gasteiger partial charge in [0.2, 0.25) is 0 Å². The Labute approximate surface area is 130 Å². The van der Waals surface area contributed by atoms with Crippen LogP contribution in [0.2, 0.25) is 0 Å². The number of carbonyl (C=O) groups is 1. The molecule has 1 N–H and O–H groups in total. The van der Waals surface area contributed by atoms with Crippen molar-refractivity contribution in [3.8, 4) is 0 Å². The summed E-state index contributed by atoms with van der Waals surface area (Å²) in [7, 11) is 0. The summed E-state index contributed by atoms with van der Waals surface area (Å²) in [5, 5.41) is 3.25. The number of nitrogens with one attached hydrogen (secondary N) is 1. The van der Waals surface area contributed by atoms with Gasteiger partial charge in [0.25, 0.3) is 0 Å². The Morgan fingerprint density at radius 3 is 2.00 bits per heavy atom. The summed E-state index contributed by atoms with van der Waals surface area (Å²) in [6, 6.07) is 1.16. The number of hydrogen-bond acceptors (Lipinski definition) is 2. The lowest BCUT2D eigenvalue weighted by molar-refractivity contribution is 0.137. The number of piperidine rings is 2. The predicted molar refractivity (Wildman–Crippen MR) is 87.4 cm³/mol. The fourth-order valence-electron chi connectivity index (χ4n) is 3.60. The number of hydrogen-bond donors (Lipinski definition) is 1. The molecule has 0 saturated carbocycles. The van der Waals surface area contributed by atoms with E-state index < -0.39 is 0 Å². The molecule has 2 amide bonds. The maximum atomic E-state index is 12.4. The van der Waals surface area contributed by atoms with Gasteiger partial charge in [0, 0.05) is 38.3 Å². The van der Waals surface area contributed by atoms with Crippen LogP contribution in [0.1, 0.15) is 53.4 Å². The molecular weight excluding hydrogens is 262 g/mol. The van der Waals surface area contributed by atoms with Gasteiger partial charge < -0.3 is 15.1 Å². The van der Waals surface area contributed by atoms with E-state index in [4.69, 9.17) is 0 Å². The fourth-order valence-corrected chi connectivity index (χ4v) is 3.60. The lowest BCUT2D eigenvalue weighted by Crippen LogP contribution is -2.51. The average Bonchev–Trinajstić information content (AvgIpc) is 2.47. The molecule has 2 rings (SSSR count). The smallest absolute Gasteiger partial charge is 0.317 e. The third-order valence-corrected chi connectivity index (χ3v) is 5.36. The first-order valence-corrected chi connectivity index (χ1v) is 8.77. The van der Waals surface area contributed by atoms with Crippen molar-refractivity contribution in [2.24, 2.45) is 11.8 Å². The van der Waals surface area contributed by atoms with Crippen LogP contribution in [0.3, 0.4) is 0 Å². The van der Waals surface area contributed by atoms with Crippen LogP contribution in [0.15, 0.2) is 0 Å². The van der Waals surface area contributed by atoms with Gasteiger partial charge in [-0.1, -0.05) is 13.8 Å². The Morgan fingerprint density at radius 1 is 0.952 bits per heavy atom. The van der Waals surface area contributed by atoms with Crippen molar-refractivity contribution < 1.29 is 4.79 Å². The highest BCUT2D eigenvalue weighted by molar-refractivity contribution is 5.74. The highest BCUT2D eigenvalue weighted by atomic mass is 16.2. The molecule has 2 aliphatic rings. The summed E-state index contributed by atoms with van der Waals surface area (Å²) in [6.07, 6.45) is 4.51. The van der Waals surface area contributed by atoms with Gasteiger partial charge in [-0.05, 0) is 51.4 Å². The topological polar surface area (TPSA) is 35.6 Å². The number of carbonyl (C=O) groups excluding carboxylic acids is 1. The summed E-state index contributed by atoms with van der Waals surface area (Å²) >= 11 is 0. The molecule has 0 aromatic heterocycles. The minimum Gasteiger partial charge on any atom is -0.335 e. The molecule has 2 aliphatic heterocycles. The largest absolute Gasteiger partial charge is 0.335 e. The molecular formula is C17H33N3O. The molecule has 21 heavy (non-hydrogen) atoms. The molecule has 0 aliphatic carbocycles. The van der Waals surface area contributed by atoms with Crippen LogP contribution < -0.4 is 5.32 Å². The molecule has 2 saturated heterocycles. The SMILES string of the molecule is CC(C)C1CCN(C(=O)NC2CCN(C(C)C)CC2)CC1. The van der Waals surface area contributed by atoms with E-state index in [0.717, 1.165) is 63.7 Å². The first-order valence-electron chi connectivity index (χ1n) is 8.77. The summed E-state index contributed by atoms with van der Waals surface area (Å²) < 4.78 is 0. The zero-order valence-electron chi connectivity index (χ0n) is 14.3. The zero-order chi connectivity index (χ0) is 15.4. The van der Waals surface area contributed by atoms with Gasteiger partial charge in [-0.15, -0.1) is 0 Å². The molecule has 2 fully saturated rings. The van der Waals surface area contributed by atoms with Crippen LogP contribution in [0.25, 0.3) is 0 Å². The van der Waals surface area contributed by atoms with E-state index in [1.54, 1.807) is 0 Å². The molecule has 0 aromatic carbocycles. The van der Waals surface area contributed by atoms with Gasteiger partial charge in [-0.25, -0.2) is 4.79 Å². The van der Waals surface area contributed by atoms with Crippen molar-refractivity contribution in [3.63, 3.8) is 0 Å². The number of urea groups is 1. The highest BCUT2D eigenvalue weighted by Crippen LogP contribution is 2.24. The Hall–Kier alpha value is -0.770. The Kier molecular flexibility index (Phi) is 5.91. The minimum atomic E-state index is 0.167. The van der Waals surface area contributed by atoms with Crippen molar-refractivity contribution in [1.82, 2.24) is 15.1 Å². The lowest BCUT2D eigenvalue weighted by Gasteiger charge is -2.37. The molecule has 0 bridgehead atoms. The van der Waals surface area contributed by atoms with Crippen LogP contribution in [-0.2, 0) is 0 Å². The van der Waals surface area contributed by atoms with Crippen LogP contribution in [0.5, 0.6) is 0 Å². The number of rotatable bonds is 3. The highest BCUT2D eigenvalue weighted by Gasteiger charge is 2.27. The number of amides is 2. The van der Waals surface area contributed by atoms with Crippen LogP contribution in [0, 0.1) is 11.8 Å².